The Morgan fingerprint density at radius 1 is 1.05 bits per heavy atom. The third-order valence-electron chi connectivity index (χ3n) is 3.70. The van der Waals surface area contributed by atoms with Gasteiger partial charge < -0.3 is 0 Å². The molecule has 0 saturated heterocycles. The highest BCUT2D eigenvalue weighted by Crippen LogP contribution is 2.27. The lowest BCUT2D eigenvalue weighted by Crippen LogP contribution is -2.24. The predicted octanol–water partition coefficient (Wildman–Crippen LogP) is 4.33. The van der Waals surface area contributed by atoms with Gasteiger partial charge in [0.25, 0.3) is 5.91 Å². The summed E-state index contributed by atoms with van der Waals surface area (Å²) in [5.74, 6) is 0.763. The highest BCUT2D eigenvalue weighted by atomic mass is 16.2. The zero-order valence-electron chi connectivity index (χ0n) is 13.4. The molecule has 3 heteroatoms. The van der Waals surface area contributed by atoms with Crippen LogP contribution in [0.1, 0.15) is 42.5 Å². The van der Waals surface area contributed by atoms with Crippen LogP contribution in [0, 0.1) is 6.92 Å². The van der Waals surface area contributed by atoms with Crippen LogP contribution in [0.4, 0.5) is 0 Å². The van der Waals surface area contributed by atoms with Crippen molar-refractivity contribution in [3.63, 3.8) is 0 Å². The molecule has 3 nitrogen and oxygen atoms in total. The SMILES string of the molecule is Cc1ccc2c(c1)nc(C(C)(C)C)n2C(=O)c1ccccc1. The summed E-state index contributed by atoms with van der Waals surface area (Å²) < 4.78 is 1.75. The molecule has 0 spiro atoms. The Labute approximate surface area is 130 Å². The Kier molecular flexibility index (Phi) is 3.36. The van der Waals surface area contributed by atoms with Crippen LogP contribution in [0.15, 0.2) is 48.5 Å². The van der Waals surface area contributed by atoms with Crippen molar-refractivity contribution in [2.24, 2.45) is 0 Å². The Hall–Kier alpha value is -2.42. The van der Waals surface area contributed by atoms with Crippen molar-refractivity contribution < 1.29 is 4.79 Å². The second-order valence-corrected chi connectivity index (χ2v) is 6.68. The zero-order valence-corrected chi connectivity index (χ0v) is 13.4. The summed E-state index contributed by atoms with van der Waals surface area (Å²) in [6.07, 6.45) is 0. The van der Waals surface area contributed by atoms with Crippen molar-refractivity contribution in [1.82, 2.24) is 9.55 Å². The molecule has 0 fully saturated rings. The van der Waals surface area contributed by atoms with Gasteiger partial charge in [0.1, 0.15) is 5.82 Å². The van der Waals surface area contributed by atoms with E-state index >= 15 is 0 Å². The molecule has 0 atom stereocenters. The van der Waals surface area contributed by atoms with Gasteiger partial charge in [0.15, 0.2) is 0 Å². The topological polar surface area (TPSA) is 34.9 Å². The molecule has 0 radical (unpaired) electrons. The first-order valence-corrected chi connectivity index (χ1v) is 7.47. The number of fused-ring (bicyclic) bond motifs is 1. The van der Waals surface area contributed by atoms with Crippen LogP contribution < -0.4 is 0 Å². The maximum atomic E-state index is 13.0. The van der Waals surface area contributed by atoms with Crippen molar-refractivity contribution in [2.45, 2.75) is 33.1 Å². The molecule has 0 aliphatic heterocycles. The molecule has 0 unspecified atom stereocenters. The van der Waals surface area contributed by atoms with Gasteiger partial charge in [-0.2, -0.15) is 0 Å². The van der Waals surface area contributed by atoms with E-state index in [4.69, 9.17) is 4.98 Å². The Bertz CT molecular complexity index is 839. The minimum absolute atomic E-state index is 0.0307. The molecule has 1 heterocycles. The lowest BCUT2D eigenvalue weighted by Gasteiger charge is -2.19. The molecule has 0 amide bonds. The van der Waals surface area contributed by atoms with Crippen LogP contribution in [-0.2, 0) is 5.41 Å². The maximum Gasteiger partial charge on any atom is 0.263 e. The maximum absolute atomic E-state index is 13.0. The van der Waals surface area contributed by atoms with Crippen molar-refractivity contribution in [2.75, 3.05) is 0 Å². The number of benzene rings is 2. The minimum atomic E-state index is -0.211. The van der Waals surface area contributed by atoms with Crippen molar-refractivity contribution in [3.8, 4) is 0 Å². The summed E-state index contributed by atoms with van der Waals surface area (Å²) in [7, 11) is 0. The molecule has 1 aromatic heterocycles. The van der Waals surface area contributed by atoms with Gasteiger partial charge in [-0.25, -0.2) is 4.98 Å². The Morgan fingerprint density at radius 2 is 1.73 bits per heavy atom. The van der Waals surface area contributed by atoms with E-state index in [9.17, 15) is 4.79 Å². The summed E-state index contributed by atoms with van der Waals surface area (Å²) in [4.78, 5) is 17.7. The summed E-state index contributed by atoms with van der Waals surface area (Å²) in [5, 5.41) is 0. The molecular formula is C19H20N2O. The average molecular weight is 292 g/mol. The molecule has 0 aliphatic rings. The molecule has 0 saturated carbocycles. The number of aromatic nitrogens is 2. The second-order valence-electron chi connectivity index (χ2n) is 6.68. The molecule has 3 aromatic rings. The number of hydrogen-bond donors (Lipinski definition) is 0. The van der Waals surface area contributed by atoms with E-state index < -0.39 is 0 Å². The van der Waals surface area contributed by atoms with Crippen molar-refractivity contribution in [1.29, 1.82) is 0 Å². The Balaban J connectivity index is 2.29. The number of rotatable bonds is 1. The molecule has 0 aliphatic carbocycles. The van der Waals surface area contributed by atoms with Gasteiger partial charge in [-0.05, 0) is 36.8 Å². The summed E-state index contributed by atoms with van der Waals surface area (Å²) in [5.41, 5.74) is 3.34. The number of nitrogens with zero attached hydrogens (tertiary/aromatic N) is 2. The number of carbonyl (C=O) groups is 1. The third-order valence-corrected chi connectivity index (χ3v) is 3.70. The fraction of sp³-hybridized carbons (Fsp3) is 0.263. The van der Waals surface area contributed by atoms with Gasteiger partial charge in [-0.1, -0.05) is 45.0 Å². The first-order valence-electron chi connectivity index (χ1n) is 7.47. The van der Waals surface area contributed by atoms with Gasteiger partial charge in [-0.15, -0.1) is 0 Å². The zero-order chi connectivity index (χ0) is 15.9. The second kappa shape index (κ2) is 5.09. The highest BCUT2D eigenvalue weighted by Gasteiger charge is 2.26. The fourth-order valence-corrected chi connectivity index (χ4v) is 2.61. The van der Waals surface area contributed by atoms with Crippen molar-refractivity contribution in [3.05, 3.63) is 65.5 Å². The van der Waals surface area contributed by atoms with Gasteiger partial charge in [0.2, 0.25) is 0 Å². The number of hydrogen-bond acceptors (Lipinski definition) is 2. The molecule has 2 aromatic carbocycles. The van der Waals surface area contributed by atoms with Crippen LogP contribution in [0.3, 0.4) is 0 Å². The van der Waals surface area contributed by atoms with E-state index in [-0.39, 0.29) is 11.3 Å². The Morgan fingerprint density at radius 3 is 2.36 bits per heavy atom. The largest absolute Gasteiger partial charge is 0.268 e. The number of imidazole rings is 1. The summed E-state index contributed by atoms with van der Waals surface area (Å²) >= 11 is 0. The van der Waals surface area contributed by atoms with Crippen LogP contribution in [0.25, 0.3) is 11.0 Å². The van der Waals surface area contributed by atoms with Gasteiger partial charge in [0, 0.05) is 11.0 Å². The fourth-order valence-electron chi connectivity index (χ4n) is 2.61. The smallest absolute Gasteiger partial charge is 0.263 e. The highest BCUT2D eigenvalue weighted by molar-refractivity contribution is 6.01. The molecule has 22 heavy (non-hydrogen) atoms. The quantitative estimate of drug-likeness (QED) is 0.669. The van der Waals surface area contributed by atoms with E-state index in [2.05, 4.69) is 20.8 Å². The molecule has 3 rings (SSSR count). The first kappa shape index (κ1) is 14.5. The molecule has 0 N–H and O–H groups in total. The van der Waals surface area contributed by atoms with Crippen LogP contribution in [0.2, 0.25) is 0 Å². The van der Waals surface area contributed by atoms with E-state index in [1.54, 1.807) is 4.57 Å². The monoisotopic (exact) mass is 292 g/mol. The number of carbonyl (C=O) groups excluding carboxylic acids is 1. The molecule has 112 valence electrons. The summed E-state index contributed by atoms with van der Waals surface area (Å²) in [6, 6.07) is 15.4. The third kappa shape index (κ3) is 2.43. The first-order chi connectivity index (χ1) is 10.4. The standard InChI is InChI=1S/C19H20N2O/c1-13-10-11-16-15(12-13)20-18(19(2,3)4)21(16)17(22)14-8-6-5-7-9-14/h5-12H,1-4H3. The number of aryl methyl sites for hydroxylation is 1. The van der Waals surface area contributed by atoms with E-state index in [1.807, 2.05) is 55.5 Å². The molecular weight excluding hydrogens is 272 g/mol. The normalized spacial score (nSPS) is 11.8. The minimum Gasteiger partial charge on any atom is -0.268 e. The van der Waals surface area contributed by atoms with Gasteiger partial charge in [-0.3, -0.25) is 9.36 Å². The van der Waals surface area contributed by atoms with E-state index in [0.717, 1.165) is 22.4 Å². The van der Waals surface area contributed by atoms with Gasteiger partial charge >= 0.3 is 0 Å². The summed E-state index contributed by atoms with van der Waals surface area (Å²) in [6.45, 7) is 8.27. The van der Waals surface area contributed by atoms with Crippen LogP contribution in [-0.4, -0.2) is 15.5 Å². The van der Waals surface area contributed by atoms with E-state index in [0.29, 0.717) is 5.56 Å². The van der Waals surface area contributed by atoms with Crippen LogP contribution in [0.5, 0.6) is 0 Å². The van der Waals surface area contributed by atoms with Gasteiger partial charge in [0.05, 0.1) is 11.0 Å². The lowest BCUT2D eigenvalue weighted by atomic mass is 9.95. The van der Waals surface area contributed by atoms with Crippen molar-refractivity contribution >= 4 is 16.9 Å². The lowest BCUT2D eigenvalue weighted by molar-refractivity contribution is 0.0957. The predicted molar refractivity (Wildman–Crippen MR) is 89.3 cm³/mol. The van der Waals surface area contributed by atoms with E-state index in [1.165, 1.54) is 0 Å². The van der Waals surface area contributed by atoms with Crippen LogP contribution >= 0.6 is 0 Å². The average Bonchev–Trinajstić information content (AvgIpc) is 2.86. The molecule has 0 bridgehead atoms.